The van der Waals surface area contributed by atoms with Gasteiger partial charge in [-0.15, -0.1) is 0 Å². The summed E-state index contributed by atoms with van der Waals surface area (Å²) >= 11 is 5.89. The van der Waals surface area contributed by atoms with Gasteiger partial charge in [-0.25, -0.2) is 4.79 Å². The van der Waals surface area contributed by atoms with Crippen LogP contribution in [0.15, 0.2) is 24.3 Å². The van der Waals surface area contributed by atoms with Crippen LogP contribution in [0.4, 0.5) is 4.79 Å². The minimum atomic E-state index is -0.493. The molecule has 1 atom stereocenters. The zero-order valence-electron chi connectivity index (χ0n) is 13.2. The van der Waals surface area contributed by atoms with Gasteiger partial charge in [-0.2, -0.15) is 0 Å². The Bertz CT molecular complexity index is 523. The molecular weight excluding hydrogens is 316 g/mol. The number of carbonyl (C=O) groups is 1. The Morgan fingerprint density at radius 1 is 1.09 bits per heavy atom. The summed E-state index contributed by atoms with van der Waals surface area (Å²) in [5.74, 6) is 0.185. The Kier molecular flexibility index (Phi) is 5.41. The average molecular weight is 339 g/mol. The van der Waals surface area contributed by atoms with Crippen molar-refractivity contribution in [2.45, 2.75) is 18.9 Å². The molecular formula is C17H23ClN2O3. The van der Waals surface area contributed by atoms with Crippen molar-refractivity contribution in [3.05, 3.63) is 34.9 Å². The second-order valence-corrected chi connectivity index (χ2v) is 6.64. The largest absolute Gasteiger partial charge is 0.388 e. The van der Waals surface area contributed by atoms with E-state index in [4.69, 9.17) is 16.3 Å². The van der Waals surface area contributed by atoms with Gasteiger partial charge in [-0.1, -0.05) is 23.7 Å². The van der Waals surface area contributed by atoms with E-state index in [0.717, 1.165) is 18.4 Å². The fourth-order valence-electron chi connectivity index (χ4n) is 3.29. The fourth-order valence-corrected chi connectivity index (χ4v) is 3.42. The number of likely N-dealkylation sites (tertiary alicyclic amines) is 1. The zero-order chi connectivity index (χ0) is 16.2. The molecule has 0 bridgehead atoms. The van der Waals surface area contributed by atoms with Gasteiger partial charge < -0.3 is 19.6 Å². The van der Waals surface area contributed by atoms with E-state index in [1.54, 1.807) is 12.1 Å². The number of aliphatic hydroxyl groups is 1. The molecule has 23 heavy (non-hydrogen) atoms. The SMILES string of the molecule is O=C(N1CCOCC1)N1CCC(C(O)c2ccc(Cl)cc2)CC1. The third-order valence-corrected chi connectivity index (χ3v) is 5.00. The van der Waals surface area contributed by atoms with Crippen LogP contribution in [0.2, 0.25) is 5.02 Å². The summed E-state index contributed by atoms with van der Waals surface area (Å²) in [6.45, 7) is 3.99. The highest BCUT2D eigenvalue weighted by molar-refractivity contribution is 6.30. The van der Waals surface area contributed by atoms with Crippen LogP contribution in [0, 0.1) is 5.92 Å². The van der Waals surface area contributed by atoms with Gasteiger partial charge in [0, 0.05) is 31.2 Å². The molecule has 2 fully saturated rings. The minimum absolute atomic E-state index is 0.104. The number of halogens is 1. The normalized spacial score (nSPS) is 21.3. The van der Waals surface area contributed by atoms with Crippen molar-refractivity contribution >= 4 is 17.6 Å². The standard InChI is InChI=1S/C17H23ClN2O3/c18-15-3-1-13(2-4-15)16(21)14-5-7-19(8-6-14)17(22)20-9-11-23-12-10-20/h1-4,14,16,21H,5-12H2. The molecule has 126 valence electrons. The third kappa shape index (κ3) is 3.97. The van der Waals surface area contributed by atoms with E-state index in [2.05, 4.69) is 0 Å². The molecule has 2 aliphatic heterocycles. The number of aliphatic hydroxyl groups excluding tert-OH is 1. The predicted octanol–water partition coefficient (Wildman–Crippen LogP) is 2.54. The van der Waals surface area contributed by atoms with Crippen molar-refractivity contribution in [3.63, 3.8) is 0 Å². The Hall–Kier alpha value is -1.30. The van der Waals surface area contributed by atoms with E-state index in [1.165, 1.54) is 0 Å². The first kappa shape index (κ1) is 16.6. The molecule has 1 unspecified atom stereocenters. The quantitative estimate of drug-likeness (QED) is 0.901. The van der Waals surface area contributed by atoms with Crippen molar-refractivity contribution in [2.24, 2.45) is 5.92 Å². The number of rotatable bonds is 2. The summed E-state index contributed by atoms with van der Waals surface area (Å²) < 4.78 is 5.29. The van der Waals surface area contributed by atoms with Gasteiger partial charge >= 0.3 is 6.03 Å². The maximum Gasteiger partial charge on any atom is 0.320 e. The lowest BCUT2D eigenvalue weighted by Gasteiger charge is -2.38. The molecule has 0 spiro atoms. The van der Waals surface area contributed by atoms with E-state index < -0.39 is 6.10 Å². The summed E-state index contributed by atoms with van der Waals surface area (Å²) in [4.78, 5) is 16.2. The number of hydrogen-bond donors (Lipinski definition) is 1. The van der Waals surface area contributed by atoms with Crippen LogP contribution in [-0.2, 0) is 4.74 Å². The van der Waals surface area contributed by atoms with E-state index in [0.29, 0.717) is 44.4 Å². The topological polar surface area (TPSA) is 53.0 Å². The molecule has 0 radical (unpaired) electrons. The van der Waals surface area contributed by atoms with E-state index >= 15 is 0 Å². The van der Waals surface area contributed by atoms with Crippen LogP contribution in [0.25, 0.3) is 0 Å². The molecule has 0 aliphatic carbocycles. The van der Waals surface area contributed by atoms with Crippen molar-refractivity contribution in [1.82, 2.24) is 9.80 Å². The van der Waals surface area contributed by atoms with E-state index in [9.17, 15) is 9.90 Å². The molecule has 2 heterocycles. The number of amides is 2. The molecule has 2 saturated heterocycles. The van der Waals surface area contributed by atoms with Crippen LogP contribution >= 0.6 is 11.6 Å². The van der Waals surface area contributed by atoms with Crippen molar-refractivity contribution in [1.29, 1.82) is 0 Å². The average Bonchev–Trinajstić information content (AvgIpc) is 2.62. The molecule has 1 N–H and O–H groups in total. The van der Waals surface area contributed by atoms with Gasteiger partial charge in [0.2, 0.25) is 0 Å². The van der Waals surface area contributed by atoms with Crippen LogP contribution in [-0.4, -0.2) is 60.3 Å². The highest BCUT2D eigenvalue weighted by Gasteiger charge is 2.30. The van der Waals surface area contributed by atoms with Crippen molar-refractivity contribution in [3.8, 4) is 0 Å². The summed E-state index contributed by atoms with van der Waals surface area (Å²) in [5.41, 5.74) is 0.896. The second-order valence-electron chi connectivity index (χ2n) is 6.20. The monoisotopic (exact) mass is 338 g/mol. The Labute approximate surface area is 141 Å². The van der Waals surface area contributed by atoms with Crippen molar-refractivity contribution in [2.75, 3.05) is 39.4 Å². The molecule has 1 aromatic carbocycles. The molecule has 0 aromatic heterocycles. The van der Waals surface area contributed by atoms with Crippen LogP contribution < -0.4 is 0 Å². The second kappa shape index (κ2) is 7.51. The highest BCUT2D eigenvalue weighted by Crippen LogP contribution is 2.31. The predicted molar refractivity (Wildman–Crippen MR) is 88.5 cm³/mol. The maximum atomic E-state index is 12.5. The van der Waals surface area contributed by atoms with Crippen LogP contribution in [0.3, 0.4) is 0 Å². The lowest BCUT2D eigenvalue weighted by Crippen LogP contribution is -2.50. The van der Waals surface area contributed by atoms with Crippen molar-refractivity contribution < 1.29 is 14.6 Å². The number of ether oxygens (including phenoxy) is 1. The Morgan fingerprint density at radius 3 is 2.26 bits per heavy atom. The zero-order valence-corrected chi connectivity index (χ0v) is 13.9. The Balaban J connectivity index is 1.53. The fraction of sp³-hybridized carbons (Fsp3) is 0.588. The highest BCUT2D eigenvalue weighted by atomic mass is 35.5. The van der Waals surface area contributed by atoms with Gasteiger partial charge in [-0.05, 0) is 36.5 Å². The lowest BCUT2D eigenvalue weighted by molar-refractivity contribution is 0.0310. The number of urea groups is 1. The summed E-state index contributed by atoms with van der Waals surface area (Å²) in [6.07, 6.45) is 1.15. The lowest BCUT2D eigenvalue weighted by atomic mass is 9.87. The smallest absolute Gasteiger partial charge is 0.320 e. The van der Waals surface area contributed by atoms with Crippen LogP contribution in [0.1, 0.15) is 24.5 Å². The number of benzene rings is 1. The van der Waals surface area contributed by atoms with Gasteiger partial charge in [0.15, 0.2) is 0 Å². The summed E-state index contributed by atoms with van der Waals surface area (Å²) in [5, 5.41) is 11.2. The van der Waals surface area contributed by atoms with E-state index in [1.807, 2.05) is 21.9 Å². The molecule has 1 aromatic rings. The van der Waals surface area contributed by atoms with Gasteiger partial charge in [0.25, 0.3) is 0 Å². The molecule has 2 amide bonds. The number of hydrogen-bond acceptors (Lipinski definition) is 3. The maximum absolute atomic E-state index is 12.5. The molecule has 0 saturated carbocycles. The first-order valence-electron chi connectivity index (χ1n) is 8.20. The van der Waals surface area contributed by atoms with Gasteiger partial charge in [-0.3, -0.25) is 0 Å². The van der Waals surface area contributed by atoms with Crippen LogP contribution in [0.5, 0.6) is 0 Å². The van der Waals surface area contributed by atoms with Gasteiger partial charge in [0.1, 0.15) is 0 Å². The number of morpholine rings is 1. The number of piperidine rings is 1. The number of nitrogens with zero attached hydrogens (tertiary/aromatic N) is 2. The number of carbonyl (C=O) groups excluding carboxylic acids is 1. The summed E-state index contributed by atoms with van der Waals surface area (Å²) in [7, 11) is 0. The molecule has 3 rings (SSSR count). The summed E-state index contributed by atoms with van der Waals surface area (Å²) in [6, 6.07) is 7.46. The van der Waals surface area contributed by atoms with Gasteiger partial charge in [0.05, 0.1) is 19.3 Å². The first-order chi connectivity index (χ1) is 11.1. The Morgan fingerprint density at radius 2 is 1.65 bits per heavy atom. The third-order valence-electron chi connectivity index (χ3n) is 4.75. The van der Waals surface area contributed by atoms with E-state index in [-0.39, 0.29) is 11.9 Å². The first-order valence-corrected chi connectivity index (χ1v) is 8.58. The molecule has 2 aliphatic rings. The molecule has 6 heteroatoms. The molecule has 5 nitrogen and oxygen atoms in total. The minimum Gasteiger partial charge on any atom is -0.388 e.